The van der Waals surface area contributed by atoms with Gasteiger partial charge < -0.3 is 54.7 Å². The molecule has 20 nitrogen and oxygen atoms in total. The van der Waals surface area contributed by atoms with Gasteiger partial charge in [0.15, 0.2) is 17.6 Å². The van der Waals surface area contributed by atoms with E-state index in [0.717, 1.165) is 51.4 Å². The Morgan fingerprint density at radius 1 is 0.805 bits per heavy atom. The summed E-state index contributed by atoms with van der Waals surface area (Å²) in [5, 5.41) is 38.5. The van der Waals surface area contributed by atoms with Gasteiger partial charge in [0.1, 0.15) is 15.8 Å². The zero-order valence-corrected chi connectivity index (χ0v) is 54.2. The molecule has 4 saturated carbocycles. The number of fused-ring (bicyclic) bond motifs is 6. The third-order valence-electron chi connectivity index (χ3n) is 20.5. The molecule has 0 bridgehead atoms. The fourth-order valence-corrected chi connectivity index (χ4v) is 17.5. The van der Waals surface area contributed by atoms with Gasteiger partial charge in [-0.25, -0.2) is 14.6 Å². The summed E-state index contributed by atoms with van der Waals surface area (Å²) in [4.78, 5) is 103. The summed E-state index contributed by atoms with van der Waals surface area (Å²) in [7, 11) is 1.62. The van der Waals surface area contributed by atoms with E-state index in [-0.39, 0.29) is 130 Å². The van der Waals surface area contributed by atoms with Crippen molar-refractivity contribution in [2.24, 2.45) is 56.7 Å². The number of thiazole rings is 1. The van der Waals surface area contributed by atoms with Crippen molar-refractivity contribution >= 4 is 79.7 Å². The van der Waals surface area contributed by atoms with Crippen LogP contribution in [0.25, 0.3) is 10.2 Å². The standard InChI is InChI=1S/C65H94N6O14S2/c1-38(45-13-14-46-55-47(18-21-65(45,46)8)64(7)20-17-43(72)33-42(64)34-50(55)73)11-16-52(74)66-22-10-23-67-53(75)19-27-82-29-31-84-32-30-83-28-26-71(25-24-70(9)54(76)36-63(5,6)56-41(4)57(77)39(2)40(3)58(56)78)62(81)85-44-12-15-48-51(35-44)87-60(68-48)59-69-49(37-86-59)61(79)80/h12,15,35,38,42-43,45-47,49-50,55,72-73H,10-11,13-14,16-34,36-37H2,1-9H3,(H,66,74)(H,67,75)(H,79,80)/t38-,42+,43-,45-,46+,47+,49?,50-,55+,64+,65-/m0/s1. The van der Waals surface area contributed by atoms with Crippen LogP contribution < -0.4 is 15.4 Å². The highest BCUT2D eigenvalue weighted by molar-refractivity contribution is 8.15. The second-order valence-corrected chi connectivity index (χ2v) is 28.5. The number of aliphatic hydroxyl groups excluding tert-OH is 2. The summed E-state index contributed by atoms with van der Waals surface area (Å²) in [5.41, 5.74) is 1.51. The van der Waals surface area contributed by atoms with Gasteiger partial charge in [0.25, 0.3) is 0 Å². The number of ketones is 2. The van der Waals surface area contributed by atoms with E-state index in [2.05, 4.69) is 41.4 Å². The number of nitrogens with zero attached hydrogens (tertiary/aromatic N) is 4. The fourth-order valence-electron chi connectivity index (χ4n) is 15.4. The van der Waals surface area contributed by atoms with E-state index in [1.165, 1.54) is 39.3 Å². The number of nitrogens with one attached hydrogen (secondary N) is 2. The maximum absolute atomic E-state index is 13.8. The maximum atomic E-state index is 13.8. The molecule has 11 atom stereocenters. The van der Waals surface area contributed by atoms with Gasteiger partial charge in [0.05, 0.1) is 62.1 Å². The first-order valence-electron chi connectivity index (χ1n) is 31.5. The fraction of sp³-hybridized carbons (Fsp3) is 0.708. The quantitative estimate of drug-likeness (QED) is 0.0379. The Morgan fingerprint density at radius 2 is 1.46 bits per heavy atom. The van der Waals surface area contributed by atoms with Gasteiger partial charge >= 0.3 is 12.1 Å². The number of thioether (sulfide) groups is 1. The molecule has 87 heavy (non-hydrogen) atoms. The number of aromatic nitrogens is 1. The lowest BCUT2D eigenvalue weighted by Crippen LogP contribution is -2.58. The molecule has 0 saturated heterocycles. The van der Waals surface area contributed by atoms with Crippen molar-refractivity contribution in [3.8, 4) is 5.75 Å². The van der Waals surface area contributed by atoms with Crippen LogP contribution in [0.4, 0.5) is 4.79 Å². The monoisotopic (exact) mass is 1250 g/mol. The van der Waals surface area contributed by atoms with E-state index in [1.807, 2.05) is 0 Å². The molecule has 2 aromatic rings. The van der Waals surface area contributed by atoms with Gasteiger partial charge in [-0.3, -0.25) is 29.0 Å². The van der Waals surface area contributed by atoms with E-state index >= 15 is 0 Å². The number of amides is 4. The zero-order chi connectivity index (χ0) is 63.0. The number of aliphatic hydroxyl groups is 2. The first kappa shape index (κ1) is 67.8. The summed E-state index contributed by atoms with van der Waals surface area (Å²) < 4.78 is 23.7. The van der Waals surface area contributed by atoms with E-state index in [9.17, 15) is 48.9 Å². The van der Waals surface area contributed by atoms with Crippen LogP contribution in [0.3, 0.4) is 0 Å². The molecule has 480 valence electrons. The molecule has 2 heterocycles. The molecular formula is C65H94N6O14S2. The van der Waals surface area contributed by atoms with Gasteiger partial charge in [-0.2, -0.15) is 0 Å². The van der Waals surface area contributed by atoms with Gasteiger partial charge in [-0.05, 0) is 143 Å². The molecule has 5 N–H and O–H groups in total. The van der Waals surface area contributed by atoms with Crippen molar-refractivity contribution in [1.29, 1.82) is 0 Å². The minimum Gasteiger partial charge on any atom is -0.480 e. The number of carbonyl (C=O) groups excluding carboxylic acids is 6. The van der Waals surface area contributed by atoms with E-state index in [1.54, 1.807) is 59.9 Å². The Kier molecular flexibility index (Phi) is 23.1. The van der Waals surface area contributed by atoms with Crippen molar-refractivity contribution in [2.75, 3.05) is 85.2 Å². The number of hydrogen-bond donors (Lipinski definition) is 5. The predicted molar refractivity (Wildman–Crippen MR) is 333 cm³/mol. The molecule has 22 heteroatoms. The average Bonchev–Trinajstić information content (AvgIpc) is 1.71. The number of carboxylic acids is 1. The van der Waals surface area contributed by atoms with Crippen molar-refractivity contribution in [3.63, 3.8) is 0 Å². The van der Waals surface area contributed by atoms with Crippen molar-refractivity contribution in [3.05, 3.63) is 45.5 Å². The first-order chi connectivity index (χ1) is 41.3. The van der Waals surface area contributed by atoms with Crippen LogP contribution in [0.5, 0.6) is 5.75 Å². The molecule has 8 rings (SSSR count). The zero-order valence-electron chi connectivity index (χ0n) is 52.5. The van der Waals surface area contributed by atoms with Gasteiger partial charge in [0, 0.05) is 98.6 Å². The third-order valence-corrected chi connectivity index (χ3v) is 22.7. The molecule has 5 aliphatic carbocycles. The second kappa shape index (κ2) is 29.7. The van der Waals surface area contributed by atoms with E-state index in [0.29, 0.717) is 110 Å². The Labute approximate surface area is 520 Å². The number of aliphatic imine (C=N–C) groups is 1. The summed E-state index contributed by atoms with van der Waals surface area (Å²) >= 11 is 2.64. The molecule has 4 fully saturated rings. The lowest BCUT2D eigenvalue weighted by atomic mass is 9.43. The Bertz CT molecular complexity index is 2960. The van der Waals surface area contributed by atoms with Crippen LogP contribution in [0.15, 0.2) is 45.5 Å². The highest BCUT2D eigenvalue weighted by Gasteiger charge is 2.63. The molecule has 1 aliphatic heterocycles. The molecular weight excluding hydrogens is 1150 g/mol. The normalized spacial score (nSPS) is 27.6. The Hall–Kier alpha value is -5.10. The number of likely N-dealkylation sites (N-methyl/N-ethyl adjacent to an activating group) is 1. The number of Topliss-reactive ketones (excluding diaryl/α,β-unsaturated/α-hetero) is 2. The topological polar surface area (TPSA) is 273 Å². The summed E-state index contributed by atoms with van der Waals surface area (Å²) in [6.07, 6.45) is 9.07. The molecule has 1 unspecified atom stereocenters. The van der Waals surface area contributed by atoms with Crippen molar-refractivity contribution in [1.82, 2.24) is 25.4 Å². The SMILES string of the molecule is CC1=C(C)C(=O)C(C(C)(C)CC(=O)N(C)CCN(CCOCCOCCOCCC(=O)NCCCNC(=O)CC[C@H](C)[C@@H]2CC[C@@H]3[C@@H]4[C@@H](CC[C@]32C)[C@]2(C)CC[C@H](O)C[C@@H]2C[C@@H]4O)C(=O)Oc2ccc3nc(C4=NC(C(=O)O)CS4)sc3c2)=C(C)C1=O. The van der Waals surface area contributed by atoms with E-state index < -0.39 is 23.5 Å². The van der Waals surface area contributed by atoms with Crippen molar-refractivity contribution in [2.45, 2.75) is 157 Å². The lowest BCUT2D eigenvalue weighted by molar-refractivity contribution is -0.174. The van der Waals surface area contributed by atoms with Gasteiger partial charge in [-0.1, -0.05) is 34.6 Å². The Balaban J connectivity index is 0.695. The van der Waals surface area contributed by atoms with Crippen LogP contribution in [-0.2, 0) is 43.0 Å². The van der Waals surface area contributed by atoms with Crippen molar-refractivity contribution < 1.29 is 67.8 Å². The van der Waals surface area contributed by atoms with E-state index in [4.69, 9.17) is 18.9 Å². The first-order valence-corrected chi connectivity index (χ1v) is 33.3. The maximum Gasteiger partial charge on any atom is 0.415 e. The molecule has 4 amide bonds. The minimum atomic E-state index is -0.996. The molecule has 1 aromatic carbocycles. The highest BCUT2D eigenvalue weighted by atomic mass is 32.2. The molecule has 6 aliphatic rings. The molecule has 0 radical (unpaired) electrons. The number of aliphatic carboxylic acids is 1. The van der Waals surface area contributed by atoms with Gasteiger partial charge in [0.2, 0.25) is 17.7 Å². The van der Waals surface area contributed by atoms with Crippen LogP contribution >= 0.6 is 23.1 Å². The smallest absolute Gasteiger partial charge is 0.415 e. The molecule has 0 spiro atoms. The van der Waals surface area contributed by atoms with Crippen LogP contribution in [0.2, 0.25) is 0 Å². The highest BCUT2D eigenvalue weighted by Crippen LogP contribution is 2.68. The third kappa shape index (κ3) is 16.1. The van der Waals surface area contributed by atoms with Crippen LogP contribution in [0, 0.1) is 51.8 Å². The number of rotatable bonds is 29. The number of allylic oxidation sites excluding steroid dienone is 4. The predicted octanol–water partition coefficient (Wildman–Crippen LogP) is 8.19. The largest absolute Gasteiger partial charge is 0.480 e. The number of hydrogen-bond acceptors (Lipinski definition) is 17. The lowest BCUT2D eigenvalue weighted by Gasteiger charge is -2.62. The summed E-state index contributed by atoms with van der Waals surface area (Å²) in [5.74, 6) is 1.45. The van der Waals surface area contributed by atoms with Crippen LogP contribution in [0.1, 0.15) is 144 Å². The number of carbonyl (C=O) groups is 7. The summed E-state index contributed by atoms with van der Waals surface area (Å²) in [6.45, 7) is 18.2. The summed E-state index contributed by atoms with van der Waals surface area (Å²) in [6, 6.07) is 4.18. The number of benzene rings is 1. The second-order valence-electron chi connectivity index (χ2n) is 26.5. The van der Waals surface area contributed by atoms with Crippen LogP contribution in [-0.4, -0.2) is 180 Å². The molecule has 1 aromatic heterocycles. The average molecular weight is 1250 g/mol. The number of ether oxygens (including phenoxy) is 4. The number of carboxylic acid groups (broad SMARTS) is 1. The van der Waals surface area contributed by atoms with Gasteiger partial charge in [-0.15, -0.1) is 23.1 Å². The minimum absolute atomic E-state index is 0.0370. The Morgan fingerprint density at radius 3 is 2.16 bits per heavy atom.